The molecule has 0 atom stereocenters. The lowest BCUT2D eigenvalue weighted by atomic mass is 10.2. The fourth-order valence-corrected chi connectivity index (χ4v) is 2.47. The van der Waals surface area contributed by atoms with Gasteiger partial charge in [0.05, 0.1) is 37.7 Å². The Hall–Kier alpha value is -2.21. The van der Waals surface area contributed by atoms with Crippen LogP contribution in [0, 0.1) is 0 Å². The summed E-state index contributed by atoms with van der Waals surface area (Å²) in [4.78, 5) is 4.53. The van der Waals surface area contributed by atoms with Gasteiger partial charge in [-0.25, -0.2) is 4.98 Å². The molecule has 0 bridgehead atoms. The third kappa shape index (κ3) is 2.42. The predicted molar refractivity (Wildman–Crippen MR) is 78.0 cm³/mol. The average Bonchev–Trinajstić information content (AvgIpc) is 3.14. The second-order valence-electron chi connectivity index (χ2n) is 4.43. The Morgan fingerprint density at radius 1 is 1.24 bits per heavy atom. The average molecular weight is 308 g/mol. The van der Waals surface area contributed by atoms with Crippen molar-refractivity contribution < 1.29 is 14.0 Å². The van der Waals surface area contributed by atoms with Crippen LogP contribution in [0.25, 0.3) is 11.0 Å². The van der Waals surface area contributed by atoms with E-state index < -0.39 is 0 Å². The van der Waals surface area contributed by atoms with Crippen LogP contribution in [0.3, 0.4) is 0 Å². The zero-order valence-electron chi connectivity index (χ0n) is 11.7. The molecule has 0 fully saturated rings. The Kier molecular flexibility index (Phi) is 3.70. The number of alkyl halides is 1. The first kappa shape index (κ1) is 13.8. The highest BCUT2D eigenvalue weighted by Crippen LogP contribution is 2.32. The van der Waals surface area contributed by atoms with Gasteiger partial charge in [0.25, 0.3) is 0 Å². The van der Waals surface area contributed by atoms with Gasteiger partial charge < -0.3 is 18.6 Å². The van der Waals surface area contributed by atoms with Crippen molar-refractivity contribution in [1.29, 1.82) is 0 Å². The minimum atomic E-state index is 0.303. The van der Waals surface area contributed by atoms with Crippen molar-refractivity contribution in [2.24, 2.45) is 0 Å². The van der Waals surface area contributed by atoms with E-state index in [9.17, 15) is 0 Å². The summed E-state index contributed by atoms with van der Waals surface area (Å²) in [6.45, 7) is 0.532. The summed E-state index contributed by atoms with van der Waals surface area (Å²) in [5, 5.41) is 3.93. The summed E-state index contributed by atoms with van der Waals surface area (Å²) in [6.07, 6.45) is 1.54. The van der Waals surface area contributed by atoms with Gasteiger partial charge in [0.15, 0.2) is 11.5 Å². The number of ether oxygens (including phenoxy) is 2. The van der Waals surface area contributed by atoms with Crippen molar-refractivity contribution in [3.05, 3.63) is 36.0 Å². The quantitative estimate of drug-likeness (QED) is 0.678. The topological polar surface area (TPSA) is 62.3 Å². The Labute approximate surface area is 126 Å². The van der Waals surface area contributed by atoms with Crippen LogP contribution >= 0.6 is 11.6 Å². The molecule has 0 radical (unpaired) electrons. The van der Waals surface area contributed by atoms with E-state index in [1.54, 1.807) is 20.5 Å². The minimum absolute atomic E-state index is 0.303. The summed E-state index contributed by atoms with van der Waals surface area (Å²) in [5.41, 5.74) is 2.51. The smallest absolute Gasteiger partial charge is 0.163 e. The van der Waals surface area contributed by atoms with Crippen LogP contribution in [0.2, 0.25) is 0 Å². The molecule has 3 aromatic rings. The summed E-state index contributed by atoms with van der Waals surface area (Å²) < 4.78 is 17.5. The molecule has 2 aromatic heterocycles. The normalized spacial score (nSPS) is 11.0. The van der Waals surface area contributed by atoms with Gasteiger partial charge in [0, 0.05) is 18.2 Å². The molecule has 21 heavy (non-hydrogen) atoms. The maximum atomic E-state index is 6.00. The minimum Gasteiger partial charge on any atom is -0.493 e. The van der Waals surface area contributed by atoms with E-state index in [1.807, 2.05) is 22.8 Å². The number of benzene rings is 1. The van der Waals surface area contributed by atoms with Gasteiger partial charge in [-0.3, -0.25) is 0 Å². The number of aromatic nitrogens is 3. The van der Waals surface area contributed by atoms with Gasteiger partial charge in [-0.2, -0.15) is 0 Å². The van der Waals surface area contributed by atoms with E-state index in [-0.39, 0.29) is 0 Å². The molecule has 110 valence electrons. The van der Waals surface area contributed by atoms with Gasteiger partial charge in [0.2, 0.25) is 0 Å². The van der Waals surface area contributed by atoms with E-state index in [4.69, 9.17) is 25.6 Å². The summed E-state index contributed by atoms with van der Waals surface area (Å²) in [7, 11) is 3.20. The van der Waals surface area contributed by atoms with Crippen LogP contribution in [0.5, 0.6) is 11.5 Å². The third-order valence-corrected chi connectivity index (χ3v) is 3.50. The highest BCUT2D eigenvalue weighted by atomic mass is 35.5. The number of halogens is 1. The van der Waals surface area contributed by atoms with E-state index in [0.29, 0.717) is 23.9 Å². The number of fused-ring (bicyclic) bond motifs is 1. The van der Waals surface area contributed by atoms with Crippen molar-refractivity contribution >= 4 is 22.6 Å². The number of imidazole rings is 1. The van der Waals surface area contributed by atoms with E-state index >= 15 is 0 Å². The number of hydrogen-bond donors (Lipinski definition) is 0. The van der Waals surface area contributed by atoms with Gasteiger partial charge in [-0.1, -0.05) is 5.16 Å². The van der Waals surface area contributed by atoms with E-state index in [0.717, 1.165) is 22.6 Å². The fraction of sp³-hybridized carbons (Fsp3) is 0.286. The number of hydrogen-bond acceptors (Lipinski definition) is 5. The Balaban J connectivity index is 2.16. The summed E-state index contributed by atoms with van der Waals surface area (Å²) in [6, 6.07) is 5.53. The second kappa shape index (κ2) is 5.65. The van der Waals surface area contributed by atoms with Crippen LogP contribution in [-0.4, -0.2) is 28.9 Å². The lowest BCUT2D eigenvalue weighted by molar-refractivity contribution is 0.355. The first-order valence-electron chi connectivity index (χ1n) is 6.33. The maximum absolute atomic E-state index is 6.00. The van der Waals surface area contributed by atoms with Crippen LogP contribution in [-0.2, 0) is 12.4 Å². The highest BCUT2D eigenvalue weighted by Gasteiger charge is 2.15. The van der Waals surface area contributed by atoms with Crippen LogP contribution < -0.4 is 9.47 Å². The molecule has 6 nitrogen and oxygen atoms in total. The molecule has 0 unspecified atom stereocenters. The lowest BCUT2D eigenvalue weighted by Gasteiger charge is -2.09. The van der Waals surface area contributed by atoms with Crippen molar-refractivity contribution in [3.63, 3.8) is 0 Å². The summed E-state index contributed by atoms with van der Waals surface area (Å²) >= 11 is 6.00. The first-order valence-corrected chi connectivity index (χ1v) is 6.86. The van der Waals surface area contributed by atoms with Crippen LogP contribution in [0.4, 0.5) is 0 Å². The Morgan fingerprint density at radius 3 is 2.62 bits per heavy atom. The lowest BCUT2D eigenvalue weighted by Crippen LogP contribution is -2.04. The zero-order chi connectivity index (χ0) is 14.8. The van der Waals surface area contributed by atoms with Crippen LogP contribution in [0.1, 0.15) is 11.5 Å². The largest absolute Gasteiger partial charge is 0.493 e. The molecule has 0 amide bonds. The molecule has 3 rings (SSSR count). The fourth-order valence-electron chi connectivity index (χ4n) is 2.26. The molecule has 0 aliphatic rings. The first-order chi connectivity index (χ1) is 10.3. The highest BCUT2D eigenvalue weighted by molar-refractivity contribution is 6.16. The molecular formula is C14H14ClN3O3. The van der Waals surface area contributed by atoms with Crippen molar-refractivity contribution in [3.8, 4) is 11.5 Å². The molecule has 0 saturated heterocycles. The van der Waals surface area contributed by atoms with Gasteiger partial charge in [0.1, 0.15) is 17.8 Å². The molecule has 2 heterocycles. The van der Waals surface area contributed by atoms with Gasteiger partial charge in [-0.15, -0.1) is 11.6 Å². The zero-order valence-corrected chi connectivity index (χ0v) is 12.4. The van der Waals surface area contributed by atoms with E-state index in [2.05, 4.69) is 10.1 Å². The molecule has 0 spiro atoms. The molecule has 0 aliphatic heterocycles. The molecular weight excluding hydrogens is 294 g/mol. The maximum Gasteiger partial charge on any atom is 0.163 e. The number of rotatable bonds is 5. The molecule has 0 saturated carbocycles. The molecule has 7 heteroatoms. The molecule has 1 aromatic carbocycles. The predicted octanol–water partition coefficient (Wildman–Crippen LogP) is 2.83. The standard InChI is InChI=1S/C14H14ClN3O3/c1-19-12-5-10-11(6-13(12)20-2)18(14(7-15)16-10)8-9-3-4-21-17-9/h3-6H,7-8H2,1-2H3. The van der Waals surface area contributed by atoms with Crippen molar-refractivity contribution in [2.75, 3.05) is 14.2 Å². The number of methoxy groups -OCH3 is 2. The van der Waals surface area contributed by atoms with Gasteiger partial charge >= 0.3 is 0 Å². The summed E-state index contributed by atoms with van der Waals surface area (Å²) in [5.74, 6) is 2.34. The Morgan fingerprint density at radius 2 is 2.00 bits per heavy atom. The third-order valence-electron chi connectivity index (χ3n) is 3.26. The number of nitrogens with zero attached hydrogens (tertiary/aromatic N) is 3. The monoisotopic (exact) mass is 307 g/mol. The Bertz CT molecular complexity index is 753. The van der Waals surface area contributed by atoms with Crippen LogP contribution in [0.15, 0.2) is 29.0 Å². The second-order valence-corrected chi connectivity index (χ2v) is 4.70. The molecule has 0 N–H and O–H groups in total. The van der Waals surface area contributed by atoms with E-state index in [1.165, 1.54) is 0 Å². The van der Waals surface area contributed by atoms with Gasteiger partial charge in [-0.05, 0) is 0 Å². The SMILES string of the molecule is COc1cc2nc(CCl)n(Cc3ccon3)c2cc1OC. The molecule has 0 aliphatic carbocycles. The van der Waals surface area contributed by atoms with Crippen molar-refractivity contribution in [2.45, 2.75) is 12.4 Å². The van der Waals surface area contributed by atoms with Crippen molar-refractivity contribution in [1.82, 2.24) is 14.7 Å².